The number of methoxy groups -OCH3 is 1. The van der Waals surface area contributed by atoms with E-state index in [-0.39, 0.29) is 5.75 Å². The first-order valence-electron chi connectivity index (χ1n) is 5.64. The van der Waals surface area contributed by atoms with E-state index in [0.29, 0.717) is 5.56 Å². The molecule has 0 aromatic heterocycles. The molecule has 1 N–H and O–H groups in total. The van der Waals surface area contributed by atoms with Crippen molar-refractivity contribution in [3.63, 3.8) is 0 Å². The Balaban J connectivity index is 3.03. The topological polar surface area (TPSA) is 55.8 Å². The standard InChI is InChI=1S/C13H16F2O4/c1-8(11(16)18-3)13(2,17)9-5-4-6-10(7-9)19-12(14)15/h4-8,12,17H,1-3H3. The summed E-state index contributed by atoms with van der Waals surface area (Å²) < 4.78 is 33.1. The van der Waals surface area contributed by atoms with Crippen LogP contribution in [0, 0.1) is 5.92 Å². The fourth-order valence-electron chi connectivity index (χ4n) is 1.64. The molecule has 0 spiro atoms. The van der Waals surface area contributed by atoms with Crippen molar-refractivity contribution in [3.05, 3.63) is 29.8 Å². The van der Waals surface area contributed by atoms with Gasteiger partial charge < -0.3 is 14.6 Å². The minimum absolute atomic E-state index is 0.0789. The Bertz CT molecular complexity index is 446. The van der Waals surface area contributed by atoms with Crippen molar-refractivity contribution < 1.29 is 28.2 Å². The Kier molecular flexibility index (Phi) is 4.83. The molecule has 0 aliphatic heterocycles. The second-order valence-corrected chi connectivity index (χ2v) is 4.30. The van der Waals surface area contributed by atoms with Gasteiger partial charge in [-0.1, -0.05) is 12.1 Å². The van der Waals surface area contributed by atoms with Gasteiger partial charge >= 0.3 is 12.6 Å². The van der Waals surface area contributed by atoms with Crippen LogP contribution in [0.3, 0.4) is 0 Å². The molecule has 0 fully saturated rings. The Morgan fingerprint density at radius 3 is 2.58 bits per heavy atom. The minimum atomic E-state index is -2.95. The van der Waals surface area contributed by atoms with Crippen LogP contribution in [0.15, 0.2) is 24.3 Å². The maximum Gasteiger partial charge on any atom is 0.387 e. The molecule has 2 unspecified atom stereocenters. The molecule has 0 aliphatic carbocycles. The minimum Gasteiger partial charge on any atom is -0.469 e. The van der Waals surface area contributed by atoms with Crippen molar-refractivity contribution in [2.45, 2.75) is 26.1 Å². The number of ether oxygens (including phenoxy) is 2. The fourth-order valence-corrected chi connectivity index (χ4v) is 1.64. The first-order chi connectivity index (χ1) is 8.78. The third-order valence-electron chi connectivity index (χ3n) is 3.04. The Morgan fingerprint density at radius 1 is 1.42 bits per heavy atom. The zero-order chi connectivity index (χ0) is 14.6. The summed E-state index contributed by atoms with van der Waals surface area (Å²) in [4.78, 5) is 11.5. The smallest absolute Gasteiger partial charge is 0.387 e. The second kappa shape index (κ2) is 5.97. The molecule has 0 amide bonds. The molecule has 106 valence electrons. The largest absolute Gasteiger partial charge is 0.469 e. The average molecular weight is 274 g/mol. The fraction of sp³-hybridized carbons (Fsp3) is 0.462. The molecule has 0 bridgehead atoms. The number of aliphatic hydroxyl groups is 1. The molecule has 19 heavy (non-hydrogen) atoms. The number of carbonyl (C=O) groups is 1. The highest BCUT2D eigenvalue weighted by Gasteiger charge is 2.36. The van der Waals surface area contributed by atoms with Crippen molar-refractivity contribution in [1.29, 1.82) is 0 Å². The van der Waals surface area contributed by atoms with E-state index >= 15 is 0 Å². The molecule has 6 heteroatoms. The molecule has 2 atom stereocenters. The summed E-state index contributed by atoms with van der Waals surface area (Å²) in [6, 6.07) is 5.60. The van der Waals surface area contributed by atoms with E-state index in [0.717, 1.165) is 0 Å². The van der Waals surface area contributed by atoms with Gasteiger partial charge in [-0.25, -0.2) is 0 Å². The quantitative estimate of drug-likeness (QED) is 0.837. The molecule has 0 saturated carbocycles. The highest BCUT2D eigenvalue weighted by Crippen LogP contribution is 2.32. The monoisotopic (exact) mass is 274 g/mol. The summed E-state index contributed by atoms with van der Waals surface area (Å²) in [7, 11) is 1.21. The van der Waals surface area contributed by atoms with Gasteiger partial charge in [-0.05, 0) is 31.5 Å². The highest BCUT2D eigenvalue weighted by molar-refractivity contribution is 5.73. The number of alkyl halides is 2. The van der Waals surface area contributed by atoms with Crippen LogP contribution in [-0.4, -0.2) is 24.8 Å². The summed E-state index contributed by atoms with van der Waals surface area (Å²) in [6.45, 7) is -0.0408. The summed E-state index contributed by atoms with van der Waals surface area (Å²) in [5, 5.41) is 10.4. The van der Waals surface area contributed by atoms with Crippen LogP contribution in [-0.2, 0) is 15.1 Å². The van der Waals surface area contributed by atoms with Crippen LogP contribution in [0.4, 0.5) is 8.78 Å². The van der Waals surface area contributed by atoms with E-state index in [2.05, 4.69) is 9.47 Å². The van der Waals surface area contributed by atoms with Crippen LogP contribution in [0.5, 0.6) is 5.75 Å². The van der Waals surface area contributed by atoms with Gasteiger partial charge in [0.1, 0.15) is 5.75 Å². The van der Waals surface area contributed by atoms with Crippen molar-refractivity contribution in [2.75, 3.05) is 7.11 Å². The van der Waals surface area contributed by atoms with E-state index in [9.17, 15) is 18.7 Å². The van der Waals surface area contributed by atoms with Crippen molar-refractivity contribution in [1.82, 2.24) is 0 Å². The summed E-state index contributed by atoms with van der Waals surface area (Å²) in [6.07, 6.45) is 0. The van der Waals surface area contributed by atoms with Gasteiger partial charge in [0.05, 0.1) is 18.6 Å². The lowest BCUT2D eigenvalue weighted by Gasteiger charge is -2.29. The predicted octanol–water partition coefficient (Wildman–Crippen LogP) is 2.30. The van der Waals surface area contributed by atoms with E-state index in [1.807, 2.05) is 0 Å². The highest BCUT2D eigenvalue weighted by atomic mass is 19.3. The van der Waals surface area contributed by atoms with Gasteiger partial charge in [0.2, 0.25) is 0 Å². The third kappa shape index (κ3) is 3.64. The van der Waals surface area contributed by atoms with E-state index in [1.54, 1.807) is 0 Å². The maximum atomic E-state index is 12.1. The average Bonchev–Trinajstić information content (AvgIpc) is 2.36. The van der Waals surface area contributed by atoms with Crippen molar-refractivity contribution >= 4 is 5.97 Å². The van der Waals surface area contributed by atoms with E-state index in [1.165, 1.54) is 45.2 Å². The number of rotatable bonds is 5. The Labute approximate surface area is 109 Å². The Morgan fingerprint density at radius 2 is 2.05 bits per heavy atom. The number of benzene rings is 1. The Hall–Kier alpha value is -1.69. The van der Waals surface area contributed by atoms with Crippen LogP contribution in [0.1, 0.15) is 19.4 Å². The number of hydrogen-bond acceptors (Lipinski definition) is 4. The number of carbonyl (C=O) groups excluding carboxylic acids is 1. The predicted molar refractivity (Wildman–Crippen MR) is 63.8 cm³/mol. The molecule has 0 aliphatic rings. The number of esters is 1. The molecule has 1 rings (SSSR count). The van der Waals surface area contributed by atoms with Gasteiger partial charge in [-0.2, -0.15) is 8.78 Å². The van der Waals surface area contributed by atoms with Crippen molar-refractivity contribution in [3.8, 4) is 5.75 Å². The molecular formula is C13H16F2O4. The van der Waals surface area contributed by atoms with Gasteiger partial charge in [-0.15, -0.1) is 0 Å². The van der Waals surface area contributed by atoms with Crippen LogP contribution < -0.4 is 4.74 Å². The van der Waals surface area contributed by atoms with Crippen LogP contribution in [0.2, 0.25) is 0 Å². The molecule has 0 saturated heterocycles. The van der Waals surface area contributed by atoms with Crippen molar-refractivity contribution in [2.24, 2.45) is 5.92 Å². The lowest BCUT2D eigenvalue weighted by molar-refractivity contribution is -0.154. The normalized spacial score (nSPS) is 15.7. The molecule has 0 radical (unpaired) electrons. The molecule has 1 aromatic carbocycles. The lowest BCUT2D eigenvalue weighted by Crippen LogP contribution is -2.36. The van der Waals surface area contributed by atoms with Crippen LogP contribution >= 0.6 is 0 Å². The van der Waals surface area contributed by atoms with Crippen LogP contribution in [0.25, 0.3) is 0 Å². The van der Waals surface area contributed by atoms with Gasteiger partial charge in [0, 0.05) is 0 Å². The summed E-state index contributed by atoms with van der Waals surface area (Å²) >= 11 is 0. The first kappa shape index (κ1) is 15.4. The zero-order valence-electron chi connectivity index (χ0n) is 10.9. The molecule has 4 nitrogen and oxygen atoms in total. The van der Waals surface area contributed by atoms with E-state index < -0.39 is 24.1 Å². The van der Waals surface area contributed by atoms with Gasteiger partial charge in [-0.3, -0.25) is 4.79 Å². The maximum absolute atomic E-state index is 12.1. The third-order valence-corrected chi connectivity index (χ3v) is 3.04. The molecule has 1 aromatic rings. The SMILES string of the molecule is COC(=O)C(C)C(C)(O)c1cccc(OC(F)F)c1. The zero-order valence-corrected chi connectivity index (χ0v) is 10.9. The summed E-state index contributed by atoms with van der Waals surface area (Å²) in [5.74, 6) is -1.52. The van der Waals surface area contributed by atoms with Gasteiger partial charge in [0.25, 0.3) is 0 Å². The summed E-state index contributed by atoms with van der Waals surface area (Å²) in [5.41, 5.74) is -1.25. The first-order valence-corrected chi connectivity index (χ1v) is 5.64. The number of hydrogen-bond donors (Lipinski definition) is 1. The number of halogens is 2. The second-order valence-electron chi connectivity index (χ2n) is 4.30. The lowest BCUT2D eigenvalue weighted by atomic mass is 9.84. The van der Waals surface area contributed by atoms with Gasteiger partial charge in [0.15, 0.2) is 0 Å². The molecule has 0 heterocycles. The van der Waals surface area contributed by atoms with E-state index in [4.69, 9.17) is 0 Å². The molecular weight excluding hydrogens is 258 g/mol.